The summed E-state index contributed by atoms with van der Waals surface area (Å²) in [6.07, 6.45) is 2.03. The van der Waals surface area contributed by atoms with E-state index >= 15 is 0 Å². The number of phosphoric ester groups is 1. The molecule has 0 atom stereocenters. The Morgan fingerprint density at radius 2 is 0.846 bits per heavy atom. The Hall–Kier alpha value is -2.65. The minimum Gasteiger partial charge on any atom is -0.288 e. The van der Waals surface area contributed by atoms with Crippen molar-refractivity contribution in [2.45, 2.75) is 0 Å². The van der Waals surface area contributed by atoms with E-state index in [1.807, 2.05) is 0 Å². The van der Waals surface area contributed by atoms with Gasteiger partial charge in [-0.2, -0.15) is 0 Å². The summed E-state index contributed by atoms with van der Waals surface area (Å²) in [7, 11) is -4.75. The van der Waals surface area contributed by atoms with Crippen molar-refractivity contribution in [2.24, 2.45) is 0 Å². The molecule has 26 heavy (non-hydrogen) atoms. The molecule has 0 aliphatic heterocycles. The van der Waals surface area contributed by atoms with E-state index in [4.69, 9.17) is 0 Å². The molecule has 0 saturated carbocycles. The van der Waals surface area contributed by atoms with Crippen LogP contribution in [0.4, 0.5) is 0 Å². The van der Waals surface area contributed by atoms with Crippen LogP contribution in [-0.2, 0) is 46.9 Å². The first-order chi connectivity index (χ1) is 12.1. The second-order valence-corrected chi connectivity index (χ2v) is 5.91. The molecule has 0 spiro atoms. The summed E-state index contributed by atoms with van der Waals surface area (Å²) < 4.78 is 26.0. The van der Waals surface area contributed by atoms with Crippen LogP contribution in [0.5, 0.6) is 0 Å². The van der Waals surface area contributed by atoms with Crippen molar-refractivity contribution >= 4 is 42.5 Å². The Morgan fingerprint density at radius 3 is 1.04 bits per heavy atom. The van der Waals surface area contributed by atoms with Crippen LogP contribution < -0.4 is 0 Å². The van der Waals surface area contributed by atoms with Gasteiger partial charge in [-0.3, -0.25) is 42.3 Å². The van der Waals surface area contributed by atoms with Gasteiger partial charge in [-0.25, -0.2) is 4.57 Å². The molecule has 0 bridgehead atoms. The van der Waals surface area contributed by atoms with Crippen molar-refractivity contribution in [3.05, 3.63) is 38.0 Å². The first-order valence-electron chi connectivity index (χ1n) is 6.72. The van der Waals surface area contributed by atoms with E-state index in [-0.39, 0.29) is 0 Å². The first kappa shape index (κ1) is 23.4. The van der Waals surface area contributed by atoms with Gasteiger partial charge in [0.1, 0.15) is 19.8 Å². The number of hydrogen-bond acceptors (Lipinski definition) is 10. The molecule has 0 aliphatic carbocycles. The number of carbonyl (C=O) groups excluding carboxylic acids is 6. The largest absolute Gasteiger partial charge is 0.476 e. The van der Waals surface area contributed by atoms with Crippen LogP contribution in [0.3, 0.4) is 0 Å². The molecule has 0 aliphatic rings. The summed E-state index contributed by atoms with van der Waals surface area (Å²) in [5.41, 5.74) is 0. The molecule has 10 nitrogen and oxygen atoms in total. The second kappa shape index (κ2) is 11.1. The van der Waals surface area contributed by atoms with Crippen LogP contribution in [0.1, 0.15) is 0 Å². The summed E-state index contributed by atoms with van der Waals surface area (Å²) in [4.78, 5) is 67.3. The zero-order valence-corrected chi connectivity index (χ0v) is 14.4. The van der Waals surface area contributed by atoms with E-state index < -0.39 is 62.3 Å². The Bertz CT molecular complexity index is 623. The Balaban J connectivity index is 5.11. The lowest BCUT2D eigenvalue weighted by atomic mass is 10.3. The van der Waals surface area contributed by atoms with Crippen LogP contribution in [0.15, 0.2) is 38.0 Å². The topological polar surface area (TPSA) is 147 Å². The fraction of sp³-hybridized carbons (Fsp3) is 0.200. The number of hydrogen-bond donors (Lipinski definition) is 0. The lowest BCUT2D eigenvalue weighted by molar-refractivity contribution is -0.137. The molecular weight excluding hydrogens is 371 g/mol. The van der Waals surface area contributed by atoms with Gasteiger partial charge in [-0.1, -0.05) is 19.7 Å². The predicted octanol–water partition coefficient (Wildman–Crippen LogP) is 0.117. The van der Waals surface area contributed by atoms with Gasteiger partial charge >= 0.3 is 7.82 Å². The molecule has 0 saturated heterocycles. The molecule has 0 rings (SSSR count). The highest BCUT2D eigenvalue weighted by Gasteiger charge is 2.32. The third kappa shape index (κ3) is 7.95. The van der Waals surface area contributed by atoms with Gasteiger partial charge in [0.2, 0.25) is 34.7 Å². The summed E-state index contributed by atoms with van der Waals surface area (Å²) >= 11 is 0. The van der Waals surface area contributed by atoms with E-state index in [0.717, 1.165) is 0 Å². The lowest BCUT2D eigenvalue weighted by Crippen LogP contribution is -2.22. The predicted molar refractivity (Wildman–Crippen MR) is 86.1 cm³/mol. The summed E-state index contributed by atoms with van der Waals surface area (Å²) in [6, 6.07) is 0. The minimum absolute atomic E-state index is 0.677. The third-order valence-corrected chi connectivity index (χ3v) is 3.78. The molecule has 0 aromatic carbocycles. The molecule has 0 aromatic heterocycles. The fourth-order valence-electron chi connectivity index (χ4n) is 1.08. The van der Waals surface area contributed by atoms with Gasteiger partial charge in [-0.15, -0.1) is 0 Å². The molecule has 0 unspecified atom stereocenters. The Morgan fingerprint density at radius 1 is 0.615 bits per heavy atom. The van der Waals surface area contributed by atoms with Gasteiger partial charge in [0.15, 0.2) is 0 Å². The molecule has 0 amide bonds. The lowest BCUT2D eigenvalue weighted by Gasteiger charge is -2.16. The van der Waals surface area contributed by atoms with Gasteiger partial charge in [-0.05, 0) is 18.2 Å². The van der Waals surface area contributed by atoms with Crippen LogP contribution in [0.25, 0.3) is 0 Å². The Labute approximate surface area is 148 Å². The van der Waals surface area contributed by atoms with E-state index in [9.17, 15) is 33.3 Å². The number of Topliss-reactive ketones (excluding diaryl/α,β-unsaturated/α-hetero) is 3. The zero-order valence-electron chi connectivity index (χ0n) is 13.5. The van der Waals surface area contributed by atoms with Crippen molar-refractivity contribution < 1.29 is 46.9 Å². The number of rotatable bonds is 15. The Kier molecular flexibility index (Phi) is 9.93. The van der Waals surface area contributed by atoms with Crippen LogP contribution in [0, 0.1) is 0 Å². The summed E-state index contributed by atoms with van der Waals surface area (Å²) in [6.45, 7) is 5.92. The minimum atomic E-state index is -4.75. The molecule has 0 radical (unpaired) electrons. The monoisotopic (exact) mass is 386 g/mol. The average molecular weight is 386 g/mol. The highest BCUT2D eigenvalue weighted by molar-refractivity contribution is 7.48. The SMILES string of the molecule is C=CC(=O)C(=O)COP(=O)(OCC(=O)C(=O)C=C)OCC(=O)C(=O)C=C. The van der Waals surface area contributed by atoms with E-state index in [1.165, 1.54) is 0 Å². The molecule has 0 heterocycles. The fourth-order valence-corrected chi connectivity index (χ4v) is 2.13. The normalized spacial score (nSPS) is 10.5. The summed E-state index contributed by atoms with van der Waals surface area (Å²) in [5.74, 6) is -6.70. The van der Waals surface area contributed by atoms with E-state index in [1.54, 1.807) is 0 Å². The number of phosphoric acid groups is 1. The maximum atomic E-state index is 12.3. The van der Waals surface area contributed by atoms with Gasteiger partial charge < -0.3 is 0 Å². The van der Waals surface area contributed by atoms with Gasteiger partial charge in [0.05, 0.1) is 0 Å². The maximum absolute atomic E-state index is 12.3. The van der Waals surface area contributed by atoms with E-state index in [2.05, 4.69) is 33.3 Å². The standard InChI is InChI=1S/C15H15O10P/c1-4-10(16)13(19)7-23-26(22,24-8-14(20)11(17)5-2)25-9-15(21)12(18)6-3/h4-6H,1-3,7-9H2. The van der Waals surface area contributed by atoms with Crippen molar-refractivity contribution in [2.75, 3.05) is 19.8 Å². The highest BCUT2D eigenvalue weighted by atomic mass is 31.2. The molecular formula is C15H15O10P. The average Bonchev–Trinajstić information content (AvgIpc) is 2.66. The molecule has 0 fully saturated rings. The molecule has 140 valence electrons. The maximum Gasteiger partial charge on any atom is 0.476 e. The molecule has 11 heteroatoms. The number of ketones is 6. The van der Waals surface area contributed by atoms with Crippen LogP contribution in [0.2, 0.25) is 0 Å². The second-order valence-electron chi connectivity index (χ2n) is 4.24. The van der Waals surface area contributed by atoms with Crippen LogP contribution in [-0.4, -0.2) is 54.5 Å². The first-order valence-corrected chi connectivity index (χ1v) is 8.18. The molecule has 0 aromatic rings. The van der Waals surface area contributed by atoms with Gasteiger partial charge in [0.25, 0.3) is 0 Å². The van der Waals surface area contributed by atoms with Crippen molar-refractivity contribution in [3.63, 3.8) is 0 Å². The smallest absolute Gasteiger partial charge is 0.288 e. The zero-order chi connectivity index (χ0) is 20.3. The van der Waals surface area contributed by atoms with E-state index in [0.29, 0.717) is 18.2 Å². The highest BCUT2D eigenvalue weighted by Crippen LogP contribution is 2.49. The van der Waals surface area contributed by atoms with Crippen molar-refractivity contribution in [1.29, 1.82) is 0 Å². The third-order valence-electron chi connectivity index (χ3n) is 2.44. The van der Waals surface area contributed by atoms with Crippen molar-refractivity contribution in [1.82, 2.24) is 0 Å². The van der Waals surface area contributed by atoms with Crippen LogP contribution >= 0.6 is 7.82 Å². The van der Waals surface area contributed by atoms with Crippen molar-refractivity contribution in [3.8, 4) is 0 Å². The quantitative estimate of drug-likeness (QED) is 0.216. The number of allylic oxidation sites excluding steroid dienone is 3. The number of carbonyl (C=O) groups is 6. The summed E-state index contributed by atoms with van der Waals surface area (Å²) in [5, 5.41) is 0. The van der Waals surface area contributed by atoms with Gasteiger partial charge in [0, 0.05) is 0 Å². The molecule has 0 N–H and O–H groups in total.